The molecule has 0 aromatic rings. The van der Waals surface area contributed by atoms with Crippen LogP contribution in [-0.4, -0.2) is 20.0 Å². The van der Waals surface area contributed by atoms with Crippen LogP contribution in [0, 0.1) is 5.92 Å². The molecular formula is C8H18O2. The molecule has 0 aromatic carbocycles. The van der Waals surface area contributed by atoms with Gasteiger partial charge < -0.3 is 9.47 Å². The first-order chi connectivity index (χ1) is 4.81. The van der Waals surface area contributed by atoms with Crippen molar-refractivity contribution in [1.29, 1.82) is 0 Å². The third-order valence-corrected chi connectivity index (χ3v) is 1.47. The fourth-order valence-electron chi connectivity index (χ4n) is 0.509. The van der Waals surface area contributed by atoms with Crippen molar-refractivity contribution < 1.29 is 9.47 Å². The number of hydrogen-bond acceptors (Lipinski definition) is 2. The number of ether oxygens (including phenoxy) is 2. The second-order valence-electron chi connectivity index (χ2n) is 2.49. The lowest BCUT2D eigenvalue weighted by atomic mass is 10.1. The quantitative estimate of drug-likeness (QED) is 0.421. The van der Waals surface area contributed by atoms with Crippen molar-refractivity contribution in [3.05, 3.63) is 0 Å². The van der Waals surface area contributed by atoms with Crippen LogP contribution in [0.15, 0.2) is 0 Å². The molecule has 0 saturated carbocycles. The summed E-state index contributed by atoms with van der Waals surface area (Å²) in [4.78, 5) is 0. The van der Waals surface area contributed by atoms with Crippen LogP contribution in [-0.2, 0) is 9.47 Å². The van der Waals surface area contributed by atoms with Gasteiger partial charge in [-0.25, -0.2) is 0 Å². The van der Waals surface area contributed by atoms with Gasteiger partial charge in [0.25, 0.3) is 0 Å². The zero-order valence-electron chi connectivity index (χ0n) is 7.22. The number of hydrogen-bond donors (Lipinski definition) is 0. The highest BCUT2D eigenvalue weighted by Gasteiger charge is 1.96. The molecule has 1 unspecified atom stereocenters. The van der Waals surface area contributed by atoms with E-state index < -0.39 is 0 Å². The minimum absolute atomic E-state index is 0.445. The summed E-state index contributed by atoms with van der Waals surface area (Å²) in [5, 5.41) is 0. The highest BCUT2D eigenvalue weighted by Crippen LogP contribution is 1.99. The molecule has 0 fully saturated rings. The van der Waals surface area contributed by atoms with E-state index in [-0.39, 0.29) is 0 Å². The molecule has 1 atom stereocenters. The molecule has 0 radical (unpaired) electrons. The Balaban J connectivity index is 2.89. The standard InChI is InChI=1S/C8H18O2/c1-4-8(3)6-10-7-9-5-2/h8H,4-7H2,1-3H3. The smallest absolute Gasteiger partial charge is 0.146 e. The average Bonchev–Trinajstić information content (AvgIpc) is 1.98. The number of rotatable bonds is 6. The predicted octanol–water partition coefficient (Wildman–Crippen LogP) is 2.04. The second kappa shape index (κ2) is 7.03. The van der Waals surface area contributed by atoms with Crippen molar-refractivity contribution in [2.24, 2.45) is 5.92 Å². The monoisotopic (exact) mass is 146 g/mol. The van der Waals surface area contributed by atoms with Crippen molar-refractivity contribution in [2.45, 2.75) is 27.2 Å². The first-order valence-corrected chi connectivity index (χ1v) is 3.96. The molecule has 2 nitrogen and oxygen atoms in total. The topological polar surface area (TPSA) is 18.5 Å². The Hall–Kier alpha value is -0.0800. The SMILES string of the molecule is CCOCOCC(C)CC. The molecule has 0 saturated heterocycles. The van der Waals surface area contributed by atoms with Crippen LogP contribution < -0.4 is 0 Å². The van der Waals surface area contributed by atoms with Crippen molar-refractivity contribution in [3.8, 4) is 0 Å². The Morgan fingerprint density at radius 1 is 1.20 bits per heavy atom. The minimum atomic E-state index is 0.445. The molecule has 2 heteroatoms. The molecule has 0 rings (SSSR count). The molecule has 0 amide bonds. The Morgan fingerprint density at radius 3 is 2.40 bits per heavy atom. The molecule has 0 spiro atoms. The Morgan fingerprint density at radius 2 is 1.90 bits per heavy atom. The summed E-state index contributed by atoms with van der Waals surface area (Å²) in [5.41, 5.74) is 0. The van der Waals surface area contributed by atoms with Gasteiger partial charge in [-0.1, -0.05) is 20.3 Å². The van der Waals surface area contributed by atoms with Crippen LogP contribution in [0.5, 0.6) is 0 Å². The van der Waals surface area contributed by atoms with Crippen LogP contribution in [0.4, 0.5) is 0 Å². The first-order valence-electron chi connectivity index (χ1n) is 3.96. The lowest BCUT2D eigenvalue weighted by Crippen LogP contribution is -2.07. The molecule has 0 bridgehead atoms. The summed E-state index contributed by atoms with van der Waals surface area (Å²) in [6, 6.07) is 0. The molecule has 0 aromatic heterocycles. The van der Waals surface area contributed by atoms with E-state index in [4.69, 9.17) is 9.47 Å². The van der Waals surface area contributed by atoms with E-state index in [0.29, 0.717) is 12.7 Å². The summed E-state index contributed by atoms with van der Waals surface area (Å²) < 4.78 is 10.2. The first kappa shape index (κ1) is 9.92. The largest absolute Gasteiger partial charge is 0.356 e. The van der Waals surface area contributed by atoms with Gasteiger partial charge in [0.05, 0.1) is 6.61 Å². The molecule has 0 N–H and O–H groups in total. The molecular weight excluding hydrogens is 128 g/mol. The maximum atomic E-state index is 5.20. The van der Waals surface area contributed by atoms with Crippen LogP contribution in [0.2, 0.25) is 0 Å². The third kappa shape index (κ3) is 6.05. The van der Waals surface area contributed by atoms with Crippen molar-refractivity contribution in [1.82, 2.24) is 0 Å². The zero-order valence-corrected chi connectivity index (χ0v) is 7.22. The fraction of sp³-hybridized carbons (Fsp3) is 1.00. The fourth-order valence-corrected chi connectivity index (χ4v) is 0.509. The minimum Gasteiger partial charge on any atom is -0.356 e. The summed E-state index contributed by atoms with van der Waals surface area (Å²) in [5.74, 6) is 0.653. The lowest BCUT2D eigenvalue weighted by Gasteiger charge is -2.08. The van der Waals surface area contributed by atoms with E-state index in [1.165, 1.54) is 6.42 Å². The van der Waals surface area contributed by atoms with Crippen molar-refractivity contribution in [2.75, 3.05) is 20.0 Å². The molecule has 62 valence electrons. The van der Waals surface area contributed by atoms with Gasteiger partial charge in [-0.05, 0) is 12.8 Å². The summed E-state index contributed by atoms with van der Waals surface area (Å²) >= 11 is 0. The van der Waals surface area contributed by atoms with Gasteiger partial charge in [0.15, 0.2) is 0 Å². The van der Waals surface area contributed by atoms with Gasteiger partial charge in [-0.15, -0.1) is 0 Å². The van der Waals surface area contributed by atoms with E-state index in [2.05, 4.69) is 13.8 Å². The van der Waals surface area contributed by atoms with E-state index in [1.54, 1.807) is 0 Å². The van der Waals surface area contributed by atoms with Crippen LogP contribution in [0.25, 0.3) is 0 Å². The van der Waals surface area contributed by atoms with Gasteiger partial charge in [0, 0.05) is 6.61 Å². The van der Waals surface area contributed by atoms with Crippen LogP contribution >= 0.6 is 0 Å². The van der Waals surface area contributed by atoms with Crippen LogP contribution in [0.3, 0.4) is 0 Å². The highest BCUT2D eigenvalue weighted by molar-refractivity contribution is 4.44. The van der Waals surface area contributed by atoms with Gasteiger partial charge >= 0.3 is 0 Å². The average molecular weight is 146 g/mol. The summed E-state index contributed by atoms with van der Waals surface area (Å²) in [6.07, 6.45) is 1.17. The van der Waals surface area contributed by atoms with Crippen molar-refractivity contribution >= 4 is 0 Å². The van der Waals surface area contributed by atoms with Gasteiger partial charge in [0.2, 0.25) is 0 Å². The molecule has 0 aliphatic carbocycles. The Kier molecular flexibility index (Phi) is 6.98. The van der Waals surface area contributed by atoms with E-state index in [9.17, 15) is 0 Å². The lowest BCUT2D eigenvalue weighted by molar-refractivity contribution is -0.0590. The van der Waals surface area contributed by atoms with Crippen molar-refractivity contribution in [3.63, 3.8) is 0 Å². The Labute approximate surface area is 63.5 Å². The van der Waals surface area contributed by atoms with E-state index in [1.807, 2.05) is 6.92 Å². The second-order valence-corrected chi connectivity index (χ2v) is 2.49. The van der Waals surface area contributed by atoms with Gasteiger partial charge in [0.1, 0.15) is 6.79 Å². The van der Waals surface area contributed by atoms with Gasteiger partial charge in [-0.2, -0.15) is 0 Å². The Bertz CT molecular complexity index is 64.3. The molecule has 0 heterocycles. The van der Waals surface area contributed by atoms with E-state index in [0.717, 1.165) is 13.2 Å². The predicted molar refractivity (Wildman–Crippen MR) is 41.9 cm³/mol. The normalized spacial score (nSPS) is 13.5. The van der Waals surface area contributed by atoms with Gasteiger partial charge in [-0.3, -0.25) is 0 Å². The zero-order chi connectivity index (χ0) is 7.82. The summed E-state index contributed by atoms with van der Waals surface area (Å²) in [6.45, 7) is 8.30. The molecule has 0 aliphatic heterocycles. The van der Waals surface area contributed by atoms with Crippen LogP contribution in [0.1, 0.15) is 27.2 Å². The molecule has 10 heavy (non-hydrogen) atoms. The third-order valence-electron chi connectivity index (χ3n) is 1.47. The maximum absolute atomic E-state index is 5.20. The molecule has 0 aliphatic rings. The maximum Gasteiger partial charge on any atom is 0.146 e. The van der Waals surface area contributed by atoms with E-state index >= 15 is 0 Å². The highest BCUT2D eigenvalue weighted by atomic mass is 16.7. The summed E-state index contributed by atoms with van der Waals surface area (Å²) in [7, 11) is 0.